The number of nitrogens with one attached hydrogen (secondary N) is 1. The van der Waals surface area contributed by atoms with Gasteiger partial charge in [0.05, 0.1) is 6.10 Å². The molecule has 0 radical (unpaired) electrons. The average molecular weight is 274 g/mol. The summed E-state index contributed by atoms with van der Waals surface area (Å²) >= 11 is 0. The zero-order valence-corrected chi connectivity index (χ0v) is 11.1. The smallest absolute Gasteiger partial charge is 0.257 e. The molecule has 3 heterocycles. The first-order valence-corrected chi connectivity index (χ1v) is 7.23. The predicted molar refractivity (Wildman–Crippen MR) is 74.6 cm³/mol. The fraction of sp³-hybridized carbons (Fsp3) is 0.533. The molecule has 0 aromatic heterocycles. The Balaban J connectivity index is 1.68. The molecule has 5 heteroatoms. The summed E-state index contributed by atoms with van der Waals surface area (Å²) in [6.45, 7) is 0. The number of benzene rings is 1. The Morgan fingerprint density at radius 1 is 1.15 bits per heavy atom. The van der Waals surface area contributed by atoms with Crippen molar-refractivity contribution in [2.75, 3.05) is 10.2 Å². The highest BCUT2D eigenvalue weighted by atomic mass is 16.3. The summed E-state index contributed by atoms with van der Waals surface area (Å²) in [6, 6.07) is 6.54. The molecular formula is C15H18N2O3. The molecule has 1 aromatic carbocycles. The van der Waals surface area contributed by atoms with Gasteiger partial charge in [-0.3, -0.25) is 4.79 Å². The number of hydrogen-bond acceptors (Lipinski definition) is 4. The molecular weight excluding hydrogens is 256 g/mol. The van der Waals surface area contributed by atoms with E-state index in [1.807, 2.05) is 18.2 Å². The molecule has 0 saturated carbocycles. The van der Waals surface area contributed by atoms with Crippen molar-refractivity contribution in [1.82, 2.24) is 0 Å². The zero-order chi connectivity index (χ0) is 13.9. The van der Waals surface area contributed by atoms with Crippen LogP contribution in [-0.4, -0.2) is 34.3 Å². The Kier molecular flexibility index (Phi) is 2.56. The number of amides is 1. The molecule has 0 aliphatic carbocycles. The number of aliphatic hydroxyl groups is 2. The fourth-order valence-electron chi connectivity index (χ4n) is 3.96. The molecule has 20 heavy (non-hydrogen) atoms. The summed E-state index contributed by atoms with van der Waals surface area (Å²) in [6.07, 6.45) is 2.66. The van der Waals surface area contributed by atoms with E-state index in [1.54, 1.807) is 0 Å². The molecule has 5 nitrogen and oxygen atoms in total. The van der Waals surface area contributed by atoms with E-state index >= 15 is 0 Å². The minimum Gasteiger partial charge on any atom is -0.393 e. The van der Waals surface area contributed by atoms with Crippen LogP contribution in [0.15, 0.2) is 18.2 Å². The maximum absolute atomic E-state index is 11.5. The van der Waals surface area contributed by atoms with Crippen LogP contribution in [0.5, 0.6) is 0 Å². The fourth-order valence-corrected chi connectivity index (χ4v) is 3.96. The van der Waals surface area contributed by atoms with Crippen molar-refractivity contribution < 1.29 is 15.0 Å². The van der Waals surface area contributed by atoms with Crippen molar-refractivity contribution in [3.8, 4) is 0 Å². The van der Waals surface area contributed by atoms with Crippen LogP contribution in [0.4, 0.5) is 11.4 Å². The molecule has 2 fully saturated rings. The summed E-state index contributed by atoms with van der Waals surface area (Å²) in [7, 11) is 0. The lowest BCUT2D eigenvalue weighted by atomic mass is 9.98. The minimum atomic E-state index is -1.04. The van der Waals surface area contributed by atoms with Crippen LogP contribution in [0.1, 0.15) is 37.4 Å². The van der Waals surface area contributed by atoms with Gasteiger partial charge in [-0.25, -0.2) is 0 Å². The molecule has 106 valence electrons. The SMILES string of the molecule is O=C1Nc2cc(N3C4CCC3CC(O)C4)ccc2C1O. The van der Waals surface area contributed by atoms with Crippen molar-refractivity contribution in [1.29, 1.82) is 0 Å². The van der Waals surface area contributed by atoms with Gasteiger partial charge in [-0.2, -0.15) is 0 Å². The van der Waals surface area contributed by atoms with Crippen LogP contribution >= 0.6 is 0 Å². The molecule has 3 N–H and O–H groups in total. The highest BCUT2D eigenvalue weighted by molar-refractivity contribution is 6.02. The molecule has 3 aliphatic heterocycles. The van der Waals surface area contributed by atoms with Gasteiger partial charge in [0.25, 0.3) is 5.91 Å². The van der Waals surface area contributed by atoms with Gasteiger partial charge in [-0.05, 0) is 37.8 Å². The second kappa shape index (κ2) is 4.20. The summed E-state index contributed by atoms with van der Waals surface area (Å²) < 4.78 is 0. The number of hydrogen-bond donors (Lipinski definition) is 3. The van der Waals surface area contributed by atoms with Crippen molar-refractivity contribution in [3.05, 3.63) is 23.8 Å². The third-order valence-electron chi connectivity index (χ3n) is 4.84. The van der Waals surface area contributed by atoms with Crippen LogP contribution in [0.25, 0.3) is 0 Å². The number of nitrogens with zero attached hydrogens (tertiary/aromatic N) is 1. The van der Waals surface area contributed by atoms with Crippen LogP contribution < -0.4 is 10.2 Å². The highest BCUT2D eigenvalue weighted by Gasteiger charge is 2.40. The largest absolute Gasteiger partial charge is 0.393 e. The molecule has 4 rings (SSSR count). The topological polar surface area (TPSA) is 72.8 Å². The minimum absolute atomic E-state index is 0.181. The van der Waals surface area contributed by atoms with E-state index in [2.05, 4.69) is 10.2 Å². The normalized spacial score (nSPS) is 35.1. The molecule has 0 spiro atoms. The van der Waals surface area contributed by atoms with Gasteiger partial charge >= 0.3 is 0 Å². The van der Waals surface area contributed by atoms with E-state index in [1.165, 1.54) is 0 Å². The monoisotopic (exact) mass is 274 g/mol. The maximum atomic E-state index is 11.5. The molecule has 2 saturated heterocycles. The Bertz CT molecular complexity index is 560. The molecule has 3 aliphatic rings. The molecule has 2 bridgehead atoms. The maximum Gasteiger partial charge on any atom is 0.257 e. The molecule has 3 unspecified atom stereocenters. The number of carbonyl (C=O) groups is 1. The standard InChI is InChI=1S/C15H18N2O3/c18-11-5-8-1-2-9(6-11)17(8)10-3-4-12-13(7-10)16-15(20)14(12)19/h3-4,7-9,11,14,18-19H,1-2,5-6H2,(H,16,20). The van der Waals surface area contributed by atoms with Crippen LogP contribution in [0.3, 0.4) is 0 Å². The third kappa shape index (κ3) is 1.66. The van der Waals surface area contributed by atoms with E-state index in [0.717, 1.165) is 31.4 Å². The first-order chi connectivity index (χ1) is 9.63. The highest BCUT2D eigenvalue weighted by Crippen LogP contribution is 2.42. The summed E-state index contributed by atoms with van der Waals surface area (Å²) in [5, 5.41) is 22.3. The average Bonchev–Trinajstić information content (AvgIpc) is 2.85. The van der Waals surface area contributed by atoms with Gasteiger partial charge in [0.15, 0.2) is 6.10 Å². The quantitative estimate of drug-likeness (QED) is 0.718. The number of fused-ring (bicyclic) bond motifs is 3. The van der Waals surface area contributed by atoms with Gasteiger partial charge < -0.3 is 20.4 Å². The second-order valence-electron chi connectivity index (χ2n) is 6.08. The lowest BCUT2D eigenvalue weighted by molar-refractivity contribution is -0.123. The van der Waals surface area contributed by atoms with Crippen molar-refractivity contribution >= 4 is 17.3 Å². The first-order valence-electron chi connectivity index (χ1n) is 7.23. The van der Waals surface area contributed by atoms with Gasteiger partial charge in [-0.1, -0.05) is 6.07 Å². The number of rotatable bonds is 1. The number of piperidine rings is 1. The number of aliphatic hydroxyl groups excluding tert-OH is 2. The van der Waals surface area contributed by atoms with Crippen molar-refractivity contribution in [2.24, 2.45) is 0 Å². The Hall–Kier alpha value is -1.59. The van der Waals surface area contributed by atoms with Gasteiger partial charge in [0.2, 0.25) is 0 Å². The Labute approximate surface area is 117 Å². The Morgan fingerprint density at radius 2 is 1.85 bits per heavy atom. The first kappa shape index (κ1) is 12.2. The predicted octanol–water partition coefficient (Wildman–Crippen LogP) is 1.16. The van der Waals surface area contributed by atoms with Gasteiger partial charge in [0, 0.05) is 29.0 Å². The van der Waals surface area contributed by atoms with Crippen LogP contribution in [0.2, 0.25) is 0 Å². The number of carbonyl (C=O) groups excluding carboxylic acids is 1. The van der Waals surface area contributed by atoms with Crippen molar-refractivity contribution in [3.63, 3.8) is 0 Å². The lowest BCUT2D eigenvalue weighted by Crippen LogP contribution is -2.44. The van der Waals surface area contributed by atoms with Crippen LogP contribution in [-0.2, 0) is 4.79 Å². The van der Waals surface area contributed by atoms with E-state index in [4.69, 9.17) is 0 Å². The Morgan fingerprint density at radius 3 is 2.55 bits per heavy atom. The molecule has 3 atom stereocenters. The summed E-state index contributed by atoms with van der Waals surface area (Å²) in [5.74, 6) is -0.353. The van der Waals surface area contributed by atoms with E-state index in [0.29, 0.717) is 23.3 Å². The van der Waals surface area contributed by atoms with E-state index in [9.17, 15) is 15.0 Å². The van der Waals surface area contributed by atoms with Gasteiger partial charge in [0.1, 0.15) is 0 Å². The van der Waals surface area contributed by atoms with E-state index < -0.39 is 6.10 Å². The molecule has 1 amide bonds. The second-order valence-corrected chi connectivity index (χ2v) is 6.08. The number of anilines is 2. The van der Waals surface area contributed by atoms with Gasteiger partial charge in [-0.15, -0.1) is 0 Å². The summed E-state index contributed by atoms with van der Waals surface area (Å²) in [5.41, 5.74) is 2.45. The third-order valence-corrected chi connectivity index (χ3v) is 4.84. The van der Waals surface area contributed by atoms with Crippen LogP contribution in [0, 0.1) is 0 Å². The zero-order valence-electron chi connectivity index (χ0n) is 11.1. The molecule has 1 aromatic rings. The van der Waals surface area contributed by atoms with E-state index in [-0.39, 0.29) is 12.0 Å². The lowest BCUT2D eigenvalue weighted by Gasteiger charge is -2.39. The van der Waals surface area contributed by atoms with Crippen molar-refractivity contribution in [2.45, 2.75) is 50.0 Å². The summed E-state index contributed by atoms with van der Waals surface area (Å²) in [4.78, 5) is 13.9.